The van der Waals surface area contributed by atoms with Crippen LogP contribution in [0, 0.1) is 11.6 Å². The van der Waals surface area contributed by atoms with Gasteiger partial charge in [0.25, 0.3) is 11.8 Å². The Morgan fingerprint density at radius 2 is 1.68 bits per heavy atom. The molecule has 1 saturated heterocycles. The van der Waals surface area contributed by atoms with Crippen molar-refractivity contribution in [2.75, 3.05) is 26.2 Å². The maximum absolute atomic E-state index is 13.4. The lowest BCUT2D eigenvalue weighted by Crippen LogP contribution is -2.50. The Morgan fingerprint density at radius 3 is 2.32 bits per heavy atom. The molecule has 28 heavy (non-hydrogen) atoms. The number of rotatable bonds is 3. The van der Waals surface area contributed by atoms with Crippen molar-refractivity contribution in [1.82, 2.24) is 20.0 Å². The summed E-state index contributed by atoms with van der Waals surface area (Å²) in [5.41, 5.74) is 0.932. The molecule has 0 bridgehead atoms. The van der Waals surface area contributed by atoms with Crippen LogP contribution >= 0.6 is 0 Å². The number of aromatic amines is 1. The largest absolute Gasteiger partial charge is 0.463 e. The van der Waals surface area contributed by atoms with Gasteiger partial charge in [-0.1, -0.05) is 0 Å². The Morgan fingerprint density at radius 1 is 0.964 bits per heavy atom. The van der Waals surface area contributed by atoms with Gasteiger partial charge in [0, 0.05) is 37.8 Å². The van der Waals surface area contributed by atoms with Gasteiger partial charge in [0.2, 0.25) is 0 Å². The van der Waals surface area contributed by atoms with Crippen molar-refractivity contribution in [2.24, 2.45) is 0 Å². The Kier molecular flexibility index (Phi) is 4.64. The zero-order chi connectivity index (χ0) is 19.7. The molecule has 2 aromatic heterocycles. The summed E-state index contributed by atoms with van der Waals surface area (Å²) in [6.07, 6.45) is 1.53. The number of carbonyl (C=O) groups is 2. The van der Waals surface area contributed by atoms with Crippen molar-refractivity contribution in [3.63, 3.8) is 0 Å². The topological polar surface area (TPSA) is 82.4 Å². The van der Waals surface area contributed by atoms with Crippen molar-refractivity contribution >= 4 is 11.8 Å². The molecule has 3 aromatic rings. The predicted molar refractivity (Wildman–Crippen MR) is 94.5 cm³/mol. The zero-order valence-corrected chi connectivity index (χ0v) is 14.7. The molecule has 0 aliphatic carbocycles. The minimum Gasteiger partial charge on any atom is -0.463 e. The van der Waals surface area contributed by atoms with Crippen molar-refractivity contribution in [3.05, 3.63) is 65.6 Å². The van der Waals surface area contributed by atoms with E-state index in [0.717, 1.165) is 12.1 Å². The lowest BCUT2D eigenvalue weighted by Gasteiger charge is -2.34. The van der Waals surface area contributed by atoms with Crippen LogP contribution in [-0.4, -0.2) is 58.0 Å². The maximum Gasteiger partial charge on any atom is 0.274 e. The van der Waals surface area contributed by atoms with E-state index in [9.17, 15) is 18.4 Å². The number of amides is 2. The summed E-state index contributed by atoms with van der Waals surface area (Å²) in [6.45, 7) is 1.21. The molecule has 2 amide bonds. The second-order valence-electron chi connectivity index (χ2n) is 6.36. The van der Waals surface area contributed by atoms with Gasteiger partial charge in [0.15, 0.2) is 23.1 Å². The third-order valence-corrected chi connectivity index (χ3v) is 4.60. The van der Waals surface area contributed by atoms with E-state index in [2.05, 4.69) is 10.2 Å². The Bertz CT molecular complexity index is 1010. The van der Waals surface area contributed by atoms with Crippen molar-refractivity contribution < 1.29 is 22.8 Å². The van der Waals surface area contributed by atoms with Crippen LogP contribution in [0.25, 0.3) is 11.5 Å². The highest BCUT2D eigenvalue weighted by atomic mass is 19.2. The molecular formula is C19H16F2N4O3. The first-order chi connectivity index (χ1) is 13.5. The molecule has 0 saturated carbocycles. The van der Waals surface area contributed by atoms with E-state index in [4.69, 9.17) is 4.42 Å². The minimum atomic E-state index is -1.06. The predicted octanol–water partition coefficient (Wildman–Crippen LogP) is 2.55. The average Bonchev–Trinajstić information content (AvgIpc) is 3.41. The van der Waals surface area contributed by atoms with Gasteiger partial charge in [0.1, 0.15) is 5.69 Å². The number of hydrogen-bond acceptors (Lipinski definition) is 4. The van der Waals surface area contributed by atoms with E-state index in [0.29, 0.717) is 37.6 Å². The summed E-state index contributed by atoms with van der Waals surface area (Å²) in [4.78, 5) is 28.2. The normalized spacial score (nSPS) is 14.4. The number of furan rings is 1. The number of halogens is 2. The van der Waals surface area contributed by atoms with Crippen molar-refractivity contribution in [3.8, 4) is 11.5 Å². The summed E-state index contributed by atoms with van der Waals surface area (Å²) in [5, 5.41) is 6.80. The second kappa shape index (κ2) is 7.26. The van der Waals surface area contributed by atoms with Crippen LogP contribution in [0.1, 0.15) is 20.8 Å². The number of benzene rings is 1. The maximum atomic E-state index is 13.4. The van der Waals surface area contributed by atoms with Gasteiger partial charge in [-0.15, -0.1) is 0 Å². The summed E-state index contributed by atoms with van der Waals surface area (Å²) < 4.78 is 31.7. The third kappa shape index (κ3) is 3.38. The van der Waals surface area contributed by atoms with Gasteiger partial charge in [-0.25, -0.2) is 8.78 Å². The molecule has 0 atom stereocenters. The molecule has 9 heteroatoms. The standard InChI is InChI=1S/C19H16F2N4O3/c20-13-4-3-12(10-14(13)21)18(26)24-5-7-25(8-6-24)19(27)16-11-15(22-23-16)17-2-1-9-28-17/h1-4,9-11H,5-8H2,(H,22,23). The van der Waals surface area contributed by atoms with Crippen LogP contribution < -0.4 is 0 Å². The molecular weight excluding hydrogens is 370 g/mol. The van der Waals surface area contributed by atoms with Gasteiger partial charge < -0.3 is 14.2 Å². The Balaban J connectivity index is 1.39. The van der Waals surface area contributed by atoms with Gasteiger partial charge in [-0.3, -0.25) is 14.7 Å². The number of carbonyl (C=O) groups excluding carboxylic acids is 2. The van der Waals surface area contributed by atoms with E-state index >= 15 is 0 Å². The van der Waals surface area contributed by atoms with Gasteiger partial charge in [-0.2, -0.15) is 5.10 Å². The van der Waals surface area contributed by atoms with E-state index in [1.165, 1.54) is 17.2 Å². The number of H-pyrrole nitrogens is 1. The first-order valence-corrected chi connectivity index (χ1v) is 8.66. The first kappa shape index (κ1) is 17.9. The van der Waals surface area contributed by atoms with E-state index in [1.807, 2.05) is 0 Å². The highest BCUT2D eigenvalue weighted by Crippen LogP contribution is 2.19. The second-order valence-corrected chi connectivity index (χ2v) is 6.36. The molecule has 1 fully saturated rings. The first-order valence-electron chi connectivity index (χ1n) is 8.66. The van der Waals surface area contributed by atoms with Crippen LogP contribution in [0.4, 0.5) is 8.78 Å². The fourth-order valence-corrected chi connectivity index (χ4v) is 3.08. The van der Waals surface area contributed by atoms with Gasteiger partial charge >= 0.3 is 0 Å². The van der Waals surface area contributed by atoms with Crippen LogP contribution in [0.15, 0.2) is 47.1 Å². The fourth-order valence-electron chi connectivity index (χ4n) is 3.08. The Hall–Kier alpha value is -3.49. The van der Waals surface area contributed by atoms with Crippen LogP contribution in [0.5, 0.6) is 0 Å². The molecule has 4 rings (SSSR count). The SMILES string of the molecule is O=C(c1ccc(F)c(F)c1)N1CCN(C(=O)c2cc(-c3ccco3)[nH]n2)CC1. The molecule has 1 aliphatic heterocycles. The van der Waals surface area contributed by atoms with E-state index in [-0.39, 0.29) is 17.2 Å². The molecule has 0 spiro atoms. The van der Waals surface area contributed by atoms with Gasteiger partial charge in [0.05, 0.1) is 6.26 Å². The molecule has 1 aromatic carbocycles. The lowest BCUT2D eigenvalue weighted by atomic mass is 10.1. The molecule has 1 aliphatic rings. The zero-order valence-electron chi connectivity index (χ0n) is 14.7. The van der Waals surface area contributed by atoms with Crippen LogP contribution in [-0.2, 0) is 0 Å². The number of nitrogens with one attached hydrogen (secondary N) is 1. The molecule has 144 valence electrons. The minimum absolute atomic E-state index is 0.0778. The average molecular weight is 386 g/mol. The van der Waals surface area contributed by atoms with Gasteiger partial charge in [-0.05, 0) is 30.3 Å². The lowest BCUT2D eigenvalue weighted by molar-refractivity contribution is 0.0532. The van der Waals surface area contributed by atoms with Crippen LogP contribution in [0.3, 0.4) is 0 Å². The van der Waals surface area contributed by atoms with Crippen molar-refractivity contribution in [1.29, 1.82) is 0 Å². The number of piperazine rings is 1. The molecule has 7 nitrogen and oxygen atoms in total. The van der Waals surface area contributed by atoms with E-state index < -0.39 is 17.5 Å². The molecule has 0 radical (unpaired) electrons. The smallest absolute Gasteiger partial charge is 0.274 e. The highest BCUT2D eigenvalue weighted by molar-refractivity contribution is 5.95. The summed E-state index contributed by atoms with van der Waals surface area (Å²) in [5.74, 6) is -2.14. The van der Waals surface area contributed by atoms with Crippen LogP contribution in [0.2, 0.25) is 0 Å². The summed E-state index contributed by atoms with van der Waals surface area (Å²) >= 11 is 0. The van der Waals surface area contributed by atoms with E-state index in [1.54, 1.807) is 23.1 Å². The molecule has 3 heterocycles. The number of hydrogen-bond donors (Lipinski definition) is 1. The fraction of sp³-hybridized carbons (Fsp3) is 0.211. The number of aromatic nitrogens is 2. The molecule has 0 unspecified atom stereocenters. The third-order valence-electron chi connectivity index (χ3n) is 4.60. The Labute approximate surface area is 158 Å². The highest BCUT2D eigenvalue weighted by Gasteiger charge is 2.27. The summed E-state index contributed by atoms with van der Waals surface area (Å²) in [6, 6.07) is 8.16. The molecule has 1 N–H and O–H groups in total. The monoisotopic (exact) mass is 386 g/mol. The summed E-state index contributed by atoms with van der Waals surface area (Å²) in [7, 11) is 0. The quantitative estimate of drug-likeness (QED) is 0.750. The number of nitrogens with zero attached hydrogens (tertiary/aromatic N) is 3. The van der Waals surface area contributed by atoms with Crippen molar-refractivity contribution in [2.45, 2.75) is 0 Å².